The molecule has 0 fully saturated rings. The molecular weight excluding hydrogens is 204 g/mol. The maximum Gasteiger partial charge on any atom is 0.336 e. The SMILES string of the molecule is C/C=C/C1CCOc2cccc(C(=O)O)c21. The Hall–Kier alpha value is -1.77. The van der Waals surface area contributed by atoms with Crippen LogP contribution in [0.2, 0.25) is 0 Å². The van der Waals surface area contributed by atoms with Crippen molar-refractivity contribution >= 4 is 5.97 Å². The standard InChI is InChI=1S/C13H14O3/c1-2-4-9-7-8-16-11-6-3-5-10(12(9)11)13(14)15/h2-6,9H,7-8H2,1H3,(H,14,15)/b4-2+. The molecule has 1 atom stereocenters. The number of aromatic carboxylic acids is 1. The van der Waals surface area contributed by atoms with Crippen LogP contribution in [0.1, 0.15) is 35.2 Å². The van der Waals surface area contributed by atoms with Gasteiger partial charge in [0.25, 0.3) is 0 Å². The second kappa shape index (κ2) is 4.39. The van der Waals surface area contributed by atoms with E-state index in [-0.39, 0.29) is 5.92 Å². The summed E-state index contributed by atoms with van der Waals surface area (Å²) < 4.78 is 5.49. The number of carbonyl (C=O) groups is 1. The first-order chi connectivity index (χ1) is 7.74. The molecule has 0 aromatic heterocycles. The maximum atomic E-state index is 11.1. The van der Waals surface area contributed by atoms with E-state index in [0.717, 1.165) is 12.0 Å². The molecule has 1 aliphatic rings. The minimum absolute atomic E-state index is 0.154. The van der Waals surface area contributed by atoms with E-state index >= 15 is 0 Å². The van der Waals surface area contributed by atoms with Gasteiger partial charge in [0.05, 0.1) is 12.2 Å². The zero-order valence-corrected chi connectivity index (χ0v) is 9.14. The molecule has 1 heterocycles. The van der Waals surface area contributed by atoms with E-state index in [4.69, 9.17) is 9.84 Å². The highest BCUT2D eigenvalue weighted by Gasteiger charge is 2.24. The quantitative estimate of drug-likeness (QED) is 0.776. The van der Waals surface area contributed by atoms with Gasteiger partial charge in [-0.3, -0.25) is 0 Å². The Kier molecular flexibility index (Phi) is 2.95. The lowest BCUT2D eigenvalue weighted by molar-refractivity contribution is 0.0693. The molecule has 3 heteroatoms. The number of carboxylic acids is 1. The Bertz CT molecular complexity index is 435. The van der Waals surface area contributed by atoms with E-state index in [1.54, 1.807) is 12.1 Å². The van der Waals surface area contributed by atoms with Crippen molar-refractivity contribution in [2.24, 2.45) is 0 Å². The van der Waals surface area contributed by atoms with Crippen molar-refractivity contribution in [2.75, 3.05) is 6.61 Å². The Balaban J connectivity index is 2.55. The fourth-order valence-corrected chi connectivity index (χ4v) is 2.10. The highest BCUT2D eigenvalue weighted by Crippen LogP contribution is 2.37. The van der Waals surface area contributed by atoms with Crippen LogP contribution in [0.5, 0.6) is 5.75 Å². The second-order valence-corrected chi connectivity index (χ2v) is 3.79. The van der Waals surface area contributed by atoms with Crippen LogP contribution in [0.3, 0.4) is 0 Å². The summed E-state index contributed by atoms with van der Waals surface area (Å²) in [6.07, 6.45) is 4.83. The molecule has 0 amide bonds. The third-order valence-corrected chi connectivity index (χ3v) is 2.78. The lowest BCUT2D eigenvalue weighted by atomic mass is 9.89. The van der Waals surface area contributed by atoms with Gasteiger partial charge in [-0.25, -0.2) is 4.79 Å². The van der Waals surface area contributed by atoms with Gasteiger partial charge in [0.2, 0.25) is 0 Å². The molecule has 3 nitrogen and oxygen atoms in total. The Labute approximate surface area is 94.4 Å². The van der Waals surface area contributed by atoms with Gasteiger partial charge < -0.3 is 9.84 Å². The summed E-state index contributed by atoms with van der Waals surface area (Å²) in [5, 5.41) is 9.15. The number of ether oxygens (including phenoxy) is 1. The van der Waals surface area contributed by atoms with Crippen molar-refractivity contribution in [3.05, 3.63) is 41.5 Å². The molecule has 0 radical (unpaired) electrons. The Morgan fingerprint density at radius 3 is 3.06 bits per heavy atom. The molecule has 0 spiro atoms. The summed E-state index contributed by atoms with van der Waals surface area (Å²) in [7, 11) is 0. The van der Waals surface area contributed by atoms with Crippen molar-refractivity contribution in [1.29, 1.82) is 0 Å². The van der Waals surface area contributed by atoms with Crippen molar-refractivity contribution in [1.82, 2.24) is 0 Å². The van der Waals surface area contributed by atoms with Crippen molar-refractivity contribution in [3.63, 3.8) is 0 Å². The molecule has 1 aromatic rings. The van der Waals surface area contributed by atoms with E-state index in [2.05, 4.69) is 0 Å². The number of allylic oxidation sites excluding steroid dienone is 2. The summed E-state index contributed by atoms with van der Waals surface area (Å²) in [6.45, 7) is 2.59. The molecule has 1 unspecified atom stereocenters. The molecule has 0 bridgehead atoms. The molecule has 84 valence electrons. The molecule has 1 aliphatic heterocycles. The molecule has 0 saturated heterocycles. The average Bonchev–Trinajstić information content (AvgIpc) is 2.29. The molecule has 16 heavy (non-hydrogen) atoms. The molecule has 0 saturated carbocycles. The molecule has 0 aliphatic carbocycles. The van der Waals surface area contributed by atoms with Gasteiger partial charge in [-0.05, 0) is 25.5 Å². The molecular formula is C13H14O3. The topological polar surface area (TPSA) is 46.5 Å². The third-order valence-electron chi connectivity index (χ3n) is 2.78. The highest BCUT2D eigenvalue weighted by molar-refractivity contribution is 5.90. The van der Waals surface area contributed by atoms with Gasteiger partial charge in [-0.1, -0.05) is 18.2 Å². The van der Waals surface area contributed by atoms with E-state index in [1.807, 2.05) is 25.1 Å². The molecule has 1 N–H and O–H groups in total. The lowest BCUT2D eigenvalue weighted by Crippen LogP contribution is -2.16. The van der Waals surface area contributed by atoms with E-state index in [9.17, 15) is 4.79 Å². The predicted molar refractivity (Wildman–Crippen MR) is 61.1 cm³/mol. The van der Waals surface area contributed by atoms with Crippen LogP contribution in [0.25, 0.3) is 0 Å². The molecule has 1 aromatic carbocycles. The Morgan fingerprint density at radius 1 is 1.56 bits per heavy atom. The van der Waals surface area contributed by atoms with Crippen molar-refractivity contribution < 1.29 is 14.6 Å². The summed E-state index contributed by atoms with van der Waals surface area (Å²) in [4.78, 5) is 11.1. The van der Waals surface area contributed by atoms with Gasteiger partial charge in [-0.15, -0.1) is 0 Å². The lowest BCUT2D eigenvalue weighted by Gasteiger charge is -2.25. The van der Waals surface area contributed by atoms with E-state index in [0.29, 0.717) is 17.9 Å². The number of benzene rings is 1. The number of hydrogen-bond acceptors (Lipinski definition) is 2. The summed E-state index contributed by atoms with van der Waals surface area (Å²) in [5.74, 6) is -0.0350. The number of rotatable bonds is 2. The van der Waals surface area contributed by atoms with Crippen LogP contribution in [0, 0.1) is 0 Å². The average molecular weight is 218 g/mol. The maximum absolute atomic E-state index is 11.1. The first kappa shape index (κ1) is 10.7. The summed E-state index contributed by atoms with van der Waals surface area (Å²) >= 11 is 0. The second-order valence-electron chi connectivity index (χ2n) is 3.79. The summed E-state index contributed by atoms with van der Waals surface area (Å²) in [6, 6.07) is 5.18. The smallest absolute Gasteiger partial charge is 0.336 e. The van der Waals surface area contributed by atoms with Crippen molar-refractivity contribution in [3.8, 4) is 5.75 Å². The predicted octanol–water partition coefficient (Wildman–Crippen LogP) is 2.83. The normalized spacial score (nSPS) is 19.2. The van der Waals surface area contributed by atoms with Crippen LogP contribution in [0.4, 0.5) is 0 Å². The van der Waals surface area contributed by atoms with Crippen LogP contribution in [-0.2, 0) is 0 Å². The highest BCUT2D eigenvalue weighted by atomic mass is 16.5. The zero-order chi connectivity index (χ0) is 11.5. The summed E-state index contributed by atoms with van der Waals surface area (Å²) in [5.41, 5.74) is 1.15. The first-order valence-corrected chi connectivity index (χ1v) is 5.36. The van der Waals surface area contributed by atoms with Gasteiger partial charge >= 0.3 is 5.97 Å². The Morgan fingerprint density at radius 2 is 2.38 bits per heavy atom. The minimum Gasteiger partial charge on any atom is -0.493 e. The van der Waals surface area contributed by atoms with Crippen LogP contribution >= 0.6 is 0 Å². The number of carboxylic acid groups (broad SMARTS) is 1. The fraction of sp³-hybridized carbons (Fsp3) is 0.308. The van der Waals surface area contributed by atoms with Crippen LogP contribution in [0.15, 0.2) is 30.4 Å². The zero-order valence-electron chi connectivity index (χ0n) is 9.14. The van der Waals surface area contributed by atoms with Gasteiger partial charge in [-0.2, -0.15) is 0 Å². The van der Waals surface area contributed by atoms with E-state index < -0.39 is 5.97 Å². The van der Waals surface area contributed by atoms with Crippen LogP contribution < -0.4 is 4.74 Å². The minimum atomic E-state index is -0.892. The fourth-order valence-electron chi connectivity index (χ4n) is 2.10. The molecule has 2 rings (SSSR count). The van der Waals surface area contributed by atoms with E-state index in [1.165, 1.54) is 0 Å². The van der Waals surface area contributed by atoms with Gasteiger partial charge in [0, 0.05) is 11.5 Å². The first-order valence-electron chi connectivity index (χ1n) is 5.36. The number of hydrogen-bond donors (Lipinski definition) is 1. The van der Waals surface area contributed by atoms with Gasteiger partial charge in [0.1, 0.15) is 5.75 Å². The monoisotopic (exact) mass is 218 g/mol. The third kappa shape index (κ3) is 1.81. The van der Waals surface area contributed by atoms with Gasteiger partial charge in [0.15, 0.2) is 0 Å². The number of fused-ring (bicyclic) bond motifs is 1. The van der Waals surface area contributed by atoms with Crippen LogP contribution in [-0.4, -0.2) is 17.7 Å². The van der Waals surface area contributed by atoms with Crippen molar-refractivity contribution in [2.45, 2.75) is 19.3 Å². The largest absolute Gasteiger partial charge is 0.493 e.